The zero-order valence-electron chi connectivity index (χ0n) is 11.2. The van der Waals surface area contributed by atoms with Crippen molar-refractivity contribution in [2.75, 3.05) is 27.2 Å². The summed E-state index contributed by atoms with van der Waals surface area (Å²) >= 11 is 6.63. The molecule has 1 rings (SSSR count). The predicted octanol–water partition coefficient (Wildman–Crippen LogP) is 1.20. The molecule has 1 aromatic heterocycles. The monoisotopic (exact) mass is 325 g/mol. The maximum atomic E-state index is 12.4. The number of aromatic nitrogens is 1. The number of likely N-dealkylation sites (N-methyl/N-ethyl adjacent to an activating group) is 2. The predicted molar refractivity (Wildman–Crippen MR) is 75.0 cm³/mol. The van der Waals surface area contributed by atoms with Gasteiger partial charge in [0.05, 0.1) is 12.2 Å². The van der Waals surface area contributed by atoms with Crippen LogP contribution >= 0.6 is 22.9 Å². The highest BCUT2D eigenvalue weighted by molar-refractivity contribution is 7.91. The Morgan fingerprint density at radius 2 is 2.00 bits per heavy atom. The molecule has 0 aliphatic heterocycles. The van der Waals surface area contributed by atoms with Gasteiger partial charge < -0.3 is 4.90 Å². The van der Waals surface area contributed by atoms with E-state index in [0.29, 0.717) is 5.69 Å². The largest absolute Gasteiger partial charge is 0.348 e. The van der Waals surface area contributed by atoms with E-state index in [1.807, 2.05) is 0 Å². The van der Waals surface area contributed by atoms with Gasteiger partial charge in [0.1, 0.15) is 0 Å². The number of nitrogens with zero attached hydrogens (tertiary/aromatic N) is 3. The summed E-state index contributed by atoms with van der Waals surface area (Å²) in [7, 11) is -0.570. The van der Waals surface area contributed by atoms with Gasteiger partial charge in [-0.25, -0.2) is 13.4 Å². The van der Waals surface area contributed by atoms with Gasteiger partial charge in [-0.05, 0) is 6.92 Å². The van der Waals surface area contributed by atoms with Gasteiger partial charge in [-0.3, -0.25) is 4.79 Å². The quantitative estimate of drug-likeness (QED) is 0.815. The van der Waals surface area contributed by atoms with Crippen molar-refractivity contribution in [1.29, 1.82) is 0 Å². The number of carbonyl (C=O) groups is 1. The summed E-state index contributed by atoms with van der Waals surface area (Å²) in [6.07, 6.45) is 0. The molecule has 0 N–H and O–H groups in total. The molecule has 1 heterocycles. The Labute approximate surface area is 122 Å². The summed E-state index contributed by atoms with van der Waals surface area (Å²) in [6.45, 7) is 3.27. The first-order valence-electron chi connectivity index (χ1n) is 5.53. The van der Waals surface area contributed by atoms with Gasteiger partial charge in [0.15, 0.2) is 8.68 Å². The molecule has 0 spiro atoms. The van der Waals surface area contributed by atoms with E-state index in [9.17, 15) is 13.2 Å². The Kier molecular flexibility index (Phi) is 5.31. The van der Waals surface area contributed by atoms with Crippen LogP contribution in [0.4, 0.5) is 0 Å². The number of hydrogen-bond donors (Lipinski definition) is 0. The molecule has 0 saturated carbocycles. The highest BCUT2D eigenvalue weighted by Crippen LogP contribution is 2.29. The first-order valence-corrected chi connectivity index (χ1v) is 8.16. The van der Waals surface area contributed by atoms with Crippen LogP contribution in [0, 0.1) is 6.92 Å². The number of hydrogen-bond acceptors (Lipinski definition) is 5. The zero-order valence-corrected chi connectivity index (χ0v) is 13.6. The summed E-state index contributed by atoms with van der Waals surface area (Å²) in [4.78, 5) is 16.9. The molecule has 0 unspecified atom stereocenters. The van der Waals surface area contributed by atoms with Crippen molar-refractivity contribution in [3.8, 4) is 0 Å². The Balaban J connectivity index is 3.09. The van der Waals surface area contributed by atoms with Gasteiger partial charge in [-0.15, -0.1) is 0 Å². The summed E-state index contributed by atoms with van der Waals surface area (Å²) < 4.78 is 26.2. The lowest BCUT2D eigenvalue weighted by atomic mass is 10.5. The molecule has 0 bridgehead atoms. The van der Waals surface area contributed by atoms with Gasteiger partial charge in [-0.2, -0.15) is 4.31 Å². The van der Waals surface area contributed by atoms with E-state index in [0.717, 1.165) is 15.6 Å². The van der Waals surface area contributed by atoms with Crippen LogP contribution in [0.15, 0.2) is 4.21 Å². The van der Waals surface area contributed by atoms with Gasteiger partial charge in [0.25, 0.3) is 10.0 Å². The molecule has 0 aliphatic rings. The molecule has 0 aromatic carbocycles. The molecule has 9 heteroatoms. The molecule has 0 radical (unpaired) electrons. The second-order valence-electron chi connectivity index (χ2n) is 4.06. The molecule has 6 nitrogen and oxygen atoms in total. The normalized spacial score (nSPS) is 11.9. The topological polar surface area (TPSA) is 70.6 Å². The average molecular weight is 326 g/mol. The Bertz CT molecular complexity index is 569. The van der Waals surface area contributed by atoms with Crippen LogP contribution in [0.5, 0.6) is 0 Å². The van der Waals surface area contributed by atoms with Crippen molar-refractivity contribution < 1.29 is 13.2 Å². The van der Waals surface area contributed by atoms with Crippen molar-refractivity contribution >= 4 is 38.9 Å². The minimum absolute atomic E-state index is 0.0888. The summed E-state index contributed by atoms with van der Waals surface area (Å²) in [5, 5.41) is 0. The smallest absolute Gasteiger partial charge is 0.254 e. The van der Waals surface area contributed by atoms with Crippen LogP contribution < -0.4 is 0 Å². The third kappa shape index (κ3) is 3.65. The molecule has 0 saturated heterocycles. The zero-order chi connectivity index (χ0) is 14.8. The van der Waals surface area contributed by atoms with E-state index in [-0.39, 0.29) is 27.7 Å². The van der Waals surface area contributed by atoms with Crippen molar-refractivity contribution in [2.45, 2.75) is 18.1 Å². The fourth-order valence-electron chi connectivity index (χ4n) is 1.37. The number of rotatable bonds is 5. The van der Waals surface area contributed by atoms with Crippen molar-refractivity contribution in [3.05, 3.63) is 10.2 Å². The highest BCUT2D eigenvalue weighted by atomic mass is 35.5. The molecule has 0 atom stereocenters. The van der Waals surface area contributed by atoms with E-state index in [2.05, 4.69) is 4.98 Å². The van der Waals surface area contributed by atoms with Gasteiger partial charge in [0.2, 0.25) is 5.91 Å². The fraction of sp³-hybridized carbons (Fsp3) is 0.600. The SMILES string of the molecule is CCN(CC(=O)N(C)C)S(=O)(=O)c1sc(Cl)nc1C. The number of sulfonamides is 1. The van der Waals surface area contributed by atoms with Crippen LogP contribution in [0.1, 0.15) is 12.6 Å². The summed E-state index contributed by atoms with van der Waals surface area (Å²) in [5.41, 5.74) is 0.353. The summed E-state index contributed by atoms with van der Waals surface area (Å²) in [6, 6.07) is 0. The average Bonchev–Trinajstić information content (AvgIpc) is 2.65. The van der Waals surface area contributed by atoms with Crippen molar-refractivity contribution in [3.63, 3.8) is 0 Å². The van der Waals surface area contributed by atoms with Crippen LogP contribution in [-0.4, -0.2) is 55.7 Å². The molecule has 19 heavy (non-hydrogen) atoms. The van der Waals surface area contributed by atoms with E-state index >= 15 is 0 Å². The van der Waals surface area contributed by atoms with E-state index < -0.39 is 10.0 Å². The minimum atomic E-state index is -3.73. The van der Waals surface area contributed by atoms with Crippen LogP contribution in [0.3, 0.4) is 0 Å². The lowest BCUT2D eigenvalue weighted by molar-refractivity contribution is -0.128. The Hall–Kier alpha value is -0.700. The minimum Gasteiger partial charge on any atom is -0.348 e. The first-order chi connectivity index (χ1) is 8.70. The van der Waals surface area contributed by atoms with Gasteiger partial charge in [-0.1, -0.05) is 29.9 Å². The molecular weight excluding hydrogens is 310 g/mol. The van der Waals surface area contributed by atoms with Crippen LogP contribution in [0.25, 0.3) is 0 Å². The van der Waals surface area contributed by atoms with Gasteiger partial charge in [0, 0.05) is 20.6 Å². The Morgan fingerprint density at radius 3 is 2.37 bits per heavy atom. The first kappa shape index (κ1) is 16.4. The molecule has 0 fully saturated rings. The summed E-state index contributed by atoms with van der Waals surface area (Å²) in [5.74, 6) is -0.279. The fourth-order valence-corrected chi connectivity index (χ4v) is 4.64. The Morgan fingerprint density at radius 1 is 1.42 bits per heavy atom. The van der Waals surface area contributed by atoms with Crippen LogP contribution in [0.2, 0.25) is 4.47 Å². The van der Waals surface area contributed by atoms with Crippen molar-refractivity contribution in [1.82, 2.24) is 14.2 Å². The third-order valence-electron chi connectivity index (χ3n) is 2.47. The number of halogens is 1. The second-order valence-corrected chi connectivity index (χ2v) is 7.77. The number of carbonyl (C=O) groups excluding carboxylic acids is 1. The maximum absolute atomic E-state index is 12.4. The number of amides is 1. The third-order valence-corrected chi connectivity index (χ3v) is 6.23. The standard InChI is InChI=1S/C10H16ClN3O3S2/c1-5-14(6-8(15)13(3)4)19(16,17)9-7(2)12-10(11)18-9/h5-6H2,1-4H3. The lowest BCUT2D eigenvalue weighted by Gasteiger charge is -2.21. The molecule has 0 aliphatic carbocycles. The lowest BCUT2D eigenvalue weighted by Crippen LogP contribution is -2.40. The maximum Gasteiger partial charge on any atom is 0.254 e. The molecule has 108 valence electrons. The van der Waals surface area contributed by atoms with E-state index in [4.69, 9.17) is 11.6 Å². The van der Waals surface area contributed by atoms with E-state index in [1.54, 1.807) is 27.9 Å². The second kappa shape index (κ2) is 6.17. The number of aryl methyl sites for hydroxylation is 1. The van der Waals surface area contributed by atoms with Gasteiger partial charge >= 0.3 is 0 Å². The molecule has 1 aromatic rings. The molecule has 1 amide bonds. The highest BCUT2D eigenvalue weighted by Gasteiger charge is 2.29. The number of thiazole rings is 1. The van der Waals surface area contributed by atoms with E-state index in [1.165, 1.54) is 4.90 Å². The molecular formula is C10H16ClN3O3S2. The van der Waals surface area contributed by atoms with Crippen LogP contribution in [-0.2, 0) is 14.8 Å². The van der Waals surface area contributed by atoms with Crippen molar-refractivity contribution in [2.24, 2.45) is 0 Å².